The molecular formula is C12H17N5. The van der Waals surface area contributed by atoms with Crippen LogP contribution in [0.5, 0.6) is 0 Å². The first-order valence-electron chi connectivity index (χ1n) is 5.75. The van der Waals surface area contributed by atoms with E-state index >= 15 is 0 Å². The Morgan fingerprint density at radius 1 is 1.29 bits per heavy atom. The summed E-state index contributed by atoms with van der Waals surface area (Å²) < 4.78 is 1.78. The lowest BCUT2D eigenvalue weighted by molar-refractivity contribution is 0.563. The lowest BCUT2D eigenvalue weighted by Gasteiger charge is -2.09. The molecule has 0 saturated carbocycles. The van der Waals surface area contributed by atoms with Crippen LogP contribution in [0.3, 0.4) is 0 Å². The van der Waals surface area contributed by atoms with E-state index in [2.05, 4.69) is 47.7 Å². The molecule has 1 heterocycles. The fourth-order valence-corrected chi connectivity index (χ4v) is 1.60. The van der Waals surface area contributed by atoms with Gasteiger partial charge in [-0.3, -0.25) is 0 Å². The van der Waals surface area contributed by atoms with Crippen LogP contribution in [0.25, 0.3) is 5.69 Å². The normalized spacial score (nSPS) is 11.1. The number of nitrogens with zero attached hydrogens (tertiary/aromatic N) is 4. The Labute approximate surface area is 101 Å². The highest BCUT2D eigenvalue weighted by atomic mass is 15.5. The number of benzene rings is 1. The second-order valence-electron chi connectivity index (χ2n) is 4.33. The van der Waals surface area contributed by atoms with Gasteiger partial charge in [0, 0.05) is 6.04 Å². The number of nitrogens with one attached hydrogen (secondary N) is 1. The second kappa shape index (κ2) is 5.05. The fourth-order valence-electron chi connectivity index (χ4n) is 1.60. The Kier molecular flexibility index (Phi) is 3.49. The number of aromatic nitrogens is 4. The minimum Gasteiger partial charge on any atom is -0.308 e. The van der Waals surface area contributed by atoms with Crippen LogP contribution in [-0.4, -0.2) is 26.2 Å². The van der Waals surface area contributed by atoms with Gasteiger partial charge in [-0.15, -0.1) is 5.10 Å². The van der Waals surface area contributed by atoms with E-state index in [9.17, 15) is 0 Å². The van der Waals surface area contributed by atoms with E-state index in [0.29, 0.717) is 12.6 Å². The molecule has 1 N–H and O–H groups in total. The van der Waals surface area contributed by atoms with Crippen molar-refractivity contribution in [3.8, 4) is 5.69 Å². The number of hydrogen-bond donors (Lipinski definition) is 1. The van der Waals surface area contributed by atoms with E-state index in [1.54, 1.807) is 4.68 Å². The van der Waals surface area contributed by atoms with Gasteiger partial charge in [0.05, 0.1) is 12.2 Å². The van der Waals surface area contributed by atoms with Gasteiger partial charge in [-0.05, 0) is 29.0 Å². The summed E-state index contributed by atoms with van der Waals surface area (Å²) in [6.45, 7) is 6.92. The molecule has 0 bridgehead atoms. The minimum absolute atomic E-state index is 0.414. The molecule has 0 unspecified atom stereocenters. The molecule has 1 aromatic carbocycles. The van der Waals surface area contributed by atoms with Crippen molar-refractivity contribution in [2.24, 2.45) is 0 Å². The largest absolute Gasteiger partial charge is 0.308 e. The maximum Gasteiger partial charge on any atom is 0.170 e. The molecule has 2 rings (SSSR count). The monoisotopic (exact) mass is 231 g/mol. The number of aryl methyl sites for hydroxylation is 1. The van der Waals surface area contributed by atoms with Crippen LogP contribution in [-0.2, 0) is 6.54 Å². The van der Waals surface area contributed by atoms with Crippen molar-refractivity contribution >= 4 is 0 Å². The molecule has 0 radical (unpaired) electrons. The Balaban J connectivity index is 2.28. The smallest absolute Gasteiger partial charge is 0.170 e. The summed E-state index contributed by atoms with van der Waals surface area (Å²) in [5, 5.41) is 15.1. The van der Waals surface area contributed by atoms with Gasteiger partial charge in [0.1, 0.15) is 0 Å². The van der Waals surface area contributed by atoms with Crippen LogP contribution in [0.4, 0.5) is 0 Å². The van der Waals surface area contributed by atoms with Crippen LogP contribution in [0.2, 0.25) is 0 Å². The zero-order valence-corrected chi connectivity index (χ0v) is 10.4. The molecule has 0 amide bonds. The topological polar surface area (TPSA) is 55.6 Å². The standard InChI is InChI=1S/C12H17N5/c1-9(2)13-8-12-14-15-16-17(12)11-7-5-4-6-10(11)3/h4-7,9,13H,8H2,1-3H3. The van der Waals surface area contributed by atoms with Crippen molar-refractivity contribution in [1.82, 2.24) is 25.5 Å². The van der Waals surface area contributed by atoms with Crippen molar-refractivity contribution in [3.05, 3.63) is 35.7 Å². The molecule has 5 heteroatoms. The molecule has 0 fully saturated rings. The highest BCUT2D eigenvalue weighted by molar-refractivity contribution is 5.39. The van der Waals surface area contributed by atoms with Crippen LogP contribution in [0.1, 0.15) is 25.2 Å². The molecule has 5 nitrogen and oxygen atoms in total. The molecule has 0 aliphatic carbocycles. The molecule has 90 valence electrons. The molecule has 1 aromatic heterocycles. The number of hydrogen-bond acceptors (Lipinski definition) is 4. The van der Waals surface area contributed by atoms with E-state index in [1.807, 2.05) is 18.2 Å². The third kappa shape index (κ3) is 2.68. The van der Waals surface area contributed by atoms with Crippen LogP contribution in [0.15, 0.2) is 24.3 Å². The van der Waals surface area contributed by atoms with E-state index in [1.165, 1.54) is 0 Å². The van der Waals surface area contributed by atoms with E-state index in [0.717, 1.165) is 17.1 Å². The molecule has 0 saturated heterocycles. The fraction of sp³-hybridized carbons (Fsp3) is 0.417. The van der Waals surface area contributed by atoms with Gasteiger partial charge in [0.2, 0.25) is 0 Å². The first kappa shape index (κ1) is 11.7. The Morgan fingerprint density at radius 2 is 2.06 bits per heavy atom. The molecule has 0 atom stereocenters. The van der Waals surface area contributed by atoms with Crippen LogP contribution in [0, 0.1) is 6.92 Å². The SMILES string of the molecule is Cc1ccccc1-n1nnnc1CNC(C)C. The average Bonchev–Trinajstić information content (AvgIpc) is 2.75. The second-order valence-corrected chi connectivity index (χ2v) is 4.33. The van der Waals surface area contributed by atoms with Crippen LogP contribution < -0.4 is 5.32 Å². The molecular weight excluding hydrogens is 214 g/mol. The Morgan fingerprint density at radius 3 is 2.76 bits per heavy atom. The predicted octanol–water partition coefficient (Wildman–Crippen LogP) is 1.47. The van der Waals surface area contributed by atoms with E-state index in [-0.39, 0.29) is 0 Å². The minimum atomic E-state index is 0.414. The lowest BCUT2D eigenvalue weighted by atomic mass is 10.2. The maximum atomic E-state index is 4.04. The molecule has 0 aliphatic rings. The van der Waals surface area contributed by atoms with Crippen molar-refractivity contribution < 1.29 is 0 Å². The summed E-state index contributed by atoms with van der Waals surface area (Å²) in [5.41, 5.74) is 2.18. The number of tetrazole rings is 1. The summed E-state index contributed by atoms with van der Waals surface area (Å²) in [5.74, 6) is 0.827. The summed E-state index contributed by atoms with van der Waals surface area (Å²) in [4.78, 5) is 0. The highest BCUT2D eigenvalue weighted by Gasteiger charge is 2.09. The lowest BCUT2D eigenvalue weighted by Crippen LogP contribution is -2.24. The third-order valence-electron chi connectivity index (χ3n) is 2.55. The van der Waals surface area contributed by atoms with E-state index in [4.69, 9.17) is 0 Å². The molecule has 17 heavy (non-hydrogen) atoms. The van der Waals surface area contributed by atoms with Gasteiger partial charge < -0.3 is 5.32 Å². The molecule has 2 aromatic rings. The zero-order chi connectivity index (χ0) is 12.3. The molecule has 0 aliphatic heterocycles. The quantitative estimate of drug-likeness (QED) is 0.865. The maximum absolute atomic E-state index is 4.04. The van der Waals surface area contributed by atoms with E-state index < -0.39 is 0 Å². The van der Waals surface area contributed by atoms with Gasteiger partial charge in [-0.25, -0.2) is 0 Å². The van der Waals surface area contributed by atoms with Crippen molar-refractivity contribution in [1.29, 1.82) is 0 Å². The van der Waals surface area contributed by atoms with Crippen molar-refractivity contribution in [2.75, 3.05) is 0 Å². The van der Waals surface area contributed by atoms with Gasteiger partial charge in [-0.2, -0.15) is 4.68 Å². The third-order valence-corrected chi connectivity index (χ3v) is 2.55. The number of para-hydroxylation sites is 1. The summed E-state index contributed by atoms with van der Waals surface area (Å²) in [6, 6.07) is 8.48. The molecule has 0 spiro atoms. The Hall–Kier alpha value is -1.75. The van der Waals surface area contributed by atoms with Crippen LogP contribution >= 0.6 is 0 Å². The van der Waals surface area contributed by atoms with Gasteiger partial charge in [0.25, 0.3) is 0 Å². The summed E-state index contributed by atoms with van der Waals surface area (Å²) in [6.07, 6.45) is 0. The predicted molar refractivity (Wildman–Crippen MR) is 65.9 cm³/mol. The van der Waals surface area contributed by atoms with Gasteiger partial charge >= 0.3 is 0 Å². The summed E-state index contributed by atoms with van der Waals surface area (Å²) in [7, 11) is 0. The average molecular weight is 231 g/mol. The zero-order valence-electron chi connectivity index (χ0n) is 10.4. The highest BCUT2D eigenvalue weighted by Crippen LogP contribution is 2.12. The first-order valence-corrected chi connectivity index (χ1v) is 5.75. The number of rotatable bonds is 4. The van der Waals surface area contributed by atoms with Crippen molar-refractivity contribution in [3.63, 3.8) is 0 Å². The Bertz CT molecular complexity index is 489. The van der Waals surface area contributed by atoms with Gasteiger partial charge in [0.15, 0.2) is 5.82 Å². The van der Waals surface area contributed by atoms with Gasteiger partial charge in [-0.1, -0.05) is 32.0 Å². The first-order chi connectivity index (χ1) is 8.18. The summed E-state index contributed by atoms with van der Waals surface area (Å²) >= 11 is 0. The van der Waals surface area contributed by atoms with Crippen molar-refractivity contribution in [2.45, 2.75) is 33.4 Å².